The van der Waals surface area contributed by atoms with Crippen LogP contribution in [0.5, 0.6) is 0 Å². The molecule has 3 aromatic heterocycles. The van der Waals surface area contributed by atoms with E-state index < -0.39 is 5.97 Å². The second-order valence-corrected chi connectivity index (χ2v) is 9.11. The summed E-state index contributed by atoms with van der Waals surface area (Å²) in [6.07, 6.45) is 1.57. The number of thioether (sulfide) groups is 1. The van der Waals surface area contributed by atoms with E-state index in [2.05, 4.69) is 0 Å². The molecule has 0 saturated carbocycles. The first kappa shape index (κ1) is 21.7. The van der Waals surface area contributed by atoms with E-state index in [9.17, 15) is 9.59 Å². The number of benzene rings is 1. The monoisotopic (exact) mass is 474 g/mol. The number of furan rings is 1. The number of aryl methyl sites for hydroxylation is 1. The molecule has 0 saturated heterocycles. The number of ether oxygens (including phenoxy) is 1. The molecule has 0 aliphatic rings. The van der Waals surface area contributed by atoms with Crippen molar-refractivity contribution in [3.05, 3.63) is 79.8 Å². The topological polar surface area (TPSA) is 74.3 Å². The summed E-state index contributed by atoms with van der Waals surface area (Å²) in [5.41, 5.74) is 1.45. The molecule has 3 heterocycles. The summed E-state index contributed by atoms with van der Waals surface area (Å²) >= 11 is 8.61. The fourth-order valence-electron chi connectivity index (χ4n) is 3.13. The zero-order valence-electron chi connectivity index (χ0n) is 16.9. The number of hydrogen-bond acceptors (Lipinski definition) is 7. The largest absolute Gasteiger partial charge is 0.467 e. The molecule has 9 heteroatoms. The molecule has 6 nitrogen and oxygen atoms in total. The van der Waals surface area contributed by atoms with Crippen molar-refractivity contribution in [2.75, 3.05) is 6.61 Å². The number of aromatic nitrogens is 2. The number of esters is 1. The minimum atomic E-state index is -0.435. The smallest absolute Gasteiger partial charge is 0.348 e. The molecule has 0 aliphatic carbocycles. The van der Waals surface area contributed by atoms with E-state index in [1.54, 1.807) is 30.7 Å². The molecule has 1 aromatic carbocycles. The molecule has 0 unspecified atom stereocenters. The molecule has 4 rings (SSSR count). The molecule has 0 fully saturated rings. The second kappa shape index (κ2) is 9.30. The lowest BCUT2D eigenvalue weighted by Crippen LogP contribution is -2.23. The summed E-state index contributed by atoms with van der Waals surface area (Å²) in [7, 11) is 0. The highest BCUT2D eigenvalue weighted by Gasteiger charge is 2.23. The second-order valence-electron chi connectivity index (χ2n) is 6.74. The molecule has 0 bridgehead atoms. The van der Waals surface area contributed by atoms with Gasteiger partial charge in [-0.25, -0.2) is 9.78 Å². The fraction of sp³-hybridized carbons (Fsp3) is 0.227. The van der Waals surface area contributed by atoms with Crippen LogP contribution in [0.2, 0.25) is 5.02 Å². The highest BCUT2D eigenvalue weighted by Crippen LogP contribution is 2.31. The van der Waals surface area contributed by atoms with Crippen LogP contribution < -0.4 is 5.56 Å². The zero-order chi connectivity index (χ0) is 22.0. The van der Waals surface area contributed by atoms with Crippen LogP contribution in [0.3, 0.4) is 0 Å². The number of nitrogens with zero attached hydrogens (tertiary/aromatic N) is 2. The summed E-state index contributed by atoms with van der Waals surface area (Å²) in [6.45, 7) is 4.03. The van der Waals surface area contributed by atoms with Crippen LogP contribution in [0.15, 0.2) is 57.0 Å². The van der Waals surface area contributed by atoms with Gasteiger partial charge in [0.15, 0.2) is 5.16 Å². The lowest BCUT2D eigenvalue weighted by Gasteiger charge is -2.11. The normalized spacial score (nSPS) is 11.2. The van der Waals surface area contributed by atoms with E-state index >= 15 is 0 Å². The van der Waals surface area contributed by atoms with Gasteiger partial charge < -0.3 is 9.15 Å². The molecule has 0 spiro atoms. The minimum absolute atomic E-state index is 0.204. The van der Waals surface area contributed by atoms with Gasteiger partial charge in [-0.2, -0.15) is 0 Å². The van der Waals surface area contributed by atoms with Crippen LogP contribution in [0.4, 0.5) is 0 Å². The predicted molar refractivity (Wildman–Crippen MR) is 123 cm³/mol. The molecule has 0 radical (unpaired) electrons. The Bertz CT molecular complexity index is 1280. The van der Waals surface area contributed by atoms with Gasteiger partial charge in [0.1, 0.15) is 15.5 Å². The maximum absolute atomic E-state index is 13.5. The molecule has 4 aromatic rings. The molecule has 0 atom stereocenters. The van der Waals surface area contributed by atoms with Gasteiger partial charge in [-0.05, 0) is 49.2 Å². The average molecular weight is 475 g/mol. The summed E-state index contributed by atoms with van der Waals surface area (Å²) in [5.74, 6) is 0.827. The first-order chi connectivity index (χ1) is 15.0. The van der Waals surface area contributed by atoms with Crippen LogP contribution in [0.25, 0.3) is 10.2 Å². The number of carbonyl (C=O) groups is 1. The van der Waals surface area contributed by atoms with Crippen molar-refractivity contribution in [2.24, 2.45) is 0 Å². The molecule has 160 valence electrons. The number of rotatable bonds is 7. The van der Waals surface area contributed by atoms with Crippen LogP contribution in [0.1, 0.15) is 33.5 Å². The summed E-state index contributed by atoms with van der Waals surface area (Å²) in [6, 6.07) is 11.1. The zero-order valence-corrected chi connectivity index (χ0v) is 19.3. The van der Waals surface area contributed by atoms with Crippen molar-refractivity contribution in [3.8, 4) is 0 Å². The molecule has 0 aliphatic heterocycles. The standard InChI is InChI=1S/C22H19ClN2O4S2/c1-3-28-21(27)18-13(2)17-19(31-18)24-22(30-12-14-6-8-15(23)9-7-14)25(20(17)26)11-16-5-4-10-29-16/h4-10H,3,11-12H2,1-2H3. The number of fused-ring (bicyclic) bond motifs is 1. The van der Waals surface area contributed by atoms with Crippen molar-refractivity contribution in [3.63, 3.8) is 0 Å². The Kier molecular flexibility index (Phi) is 6.50. The van der Waals surface area contributed by atoms with Crippen molar-refractivity contribution >= 4 is 50.9 Å². The van der Waals surface area contributed by atoms with Gasteiger partial charge in [-0.3, -0.25) is 9.36 Å². The predicted octanol–water partition coefficient (Wildman–Crippen LogP) is 5.53. The van der Waals surface area contributed by atoms with E-state index in [1.807, 2.05) is 30.3 Å². The van der Waals surface area contributed by atoms with E-state index in [1.165, 1.54) is 23.1 Å². The Hall–Kier alpha value is -2.55. The Balaban J connectivity index is 1.78. The highest BCUT2D eigenvalue weighted by molar-refractivity contribution is 7.98. The fourth-order valence-corrected chi connectivity index (χ4v) is 5.32. The van der Waals surface area contributed by atoms with Crippen molar-refractivity contribution < 1.29 is 13.9 Å². The van der Waals surface area contributed by atoms with Gasteiger partial charge in [0.2, 0.25) is 0 Å². The molecular formula is C22H19ClN2O4S2. The van der Waals surface area contributed by atoms with Gasteiger partial charge in [0.05, 0.1) is 24.8 Å². The summed E-state index contributed by atoms with van der Waals surface area (Å²) < 4.78 is 12.2. The van der Waals surface area contributed by atoms with Gasteiger partial charge >= 0.3 is 5.97 Å². The van der Waals surface area contributed by atoms with E-state index in [0.717, 1.165) is 5.56 Å². The quantitative estimate of drug-likeness (QED) is 0.199. The van der Waals surface area contributed by atoms with Crippen LogP contribution >= 0.6 is 34.7 Å². The molecule has 0 amide bonds. The first-order valence-electron chi connectivity index (χ1n) is 9.58. The van der Waals surface area contributed by atoms with Gasteiger partial charge in [0.25, 0.3) is 5.56 Å². The number of thiophene rings is 1. The Labute approximate surface area is 191 Å². The number of hydrogen-bond donors (Lipinski definition) is 0. The third kappa shape index (κ3) is 4.56. The van der Waals surface area contributed by atoms with Crippen LogP contribution in [-0.2, 0) is 17.0 Å². The van der Waals surface area contributed by atoms with Gasteiger partial charge in [-0.15, -0.1) is 11.3 Å². The van der Waals surface area contributed by atoms with E-state index in [-0.39, 0.29) is 18.7 Å². The minimum Gasteiger partial charge on any atom is -0.467 e. The lowest BCUT2D eigenvalue weighted by molar-refractivity contribution is 0.0531. The first-order valence-corrected chi connectivity index (χ1v) is 11.8. The van der Waals surface area contributed by atoms with E-state index in [0.29, 0.717) is 42.3 Å². The van der Waals surface area contributed by atoms with E-state index in [4.69, 9.17) is 25.7 Å². The Morgan fingerprint density at radius 2 is 2.06 bits per heavy atom. The molecule has 0 N–H and O–H groups in total. The maximum atomic E-state index is 13.5. The highest BCUT2D eigenvalue weighted by atomic mass is 35.5. The van der Waals surface area contributed by atoms with Crippen LogP contribution in [-0.4, -0.2) is 22.1 Å². The SMILES string of the molecule is CCOC(=O)c1sc2nc(SCc3ccc(Cl)cc3)n(Cc3ccco3)c(=O)c2c1C. The van der Waals surface area contributed by atoms with Crippen molar-refractivity contribution in [1.82, 2.24) is 9.55 Å². The number of carbonyl (C=O) groups excluding carboxylic acids is 1. The van der Waals surface area contributed by atoms with Gasteiger partial charge in [-0.1, -0.05) is 35.5 Å². The third-order valence-corrected chi connectivity index (χ3v) is 7.12. The summed E-state index contributed by atoms with van der Waals surface area (Å²) in [4.78, 5) is 31.5. The molecular weight excluding hydrogens is 456 g/mol. The lowest BCUT2D eigenvalue weighted by atomic mass is 10.2. The van der Waals surface area contributed by atoms with Crippen molar-refractivity contribution in [2.45, 2.75) is 31.3 Å². The maximum Gasteiger partial charge on any atom is 0.348 e. The third-order valence-electron chi connectivity index (χ3n) is 4.65. The average Bonchev–Trinajstić information content (AvgIpc) is 3.38. The number of halogens is 1. The Morgan fingerprint density at radius 3 is 2.74 bits per heavy atom. The van der Waals surface area contributed by atoms with Crippen LogP contribution in [0, 0.1) is 6.92 Å². The Morgan fingerprint density at radius 1 is 1.29 bits per heavy atom. The summed E-state index contributed by atoms with van der Waals surface area (Å²) in [5, 5.41) is 1.67. The molecule has 31 heavy (non-hydrogen) atoms. The van der Waals surface area contributed by atoms with Gasteiger partial charge in [0, 0.05) is 10.8 Å². The van der Waals surface area contributed by atoms with Crippen molar-refractivity contribution in [1.29, 1.82) is 0 Å².